The van der Waals surface area contributed by atoms with Crippen LogP contribution >= 0.6 is 11.3 Å². The predicted octanol–water partition coefficient (Wildman–Crippen LogP) is 3.34. The lowest BCUT2D eigenvalue weighted by Gasteiger charge is -2.37. The largest absolute Gasteiger partial charge is 0.376 e. The van der Waals surface area contributed by atoms with E-state index in [0.29, 0.717) is 24.7 Å². The summed E-state index contributed by atoms with van der Waals surface area (Å²) >= 11 is 1.78. The van der Waals surface area contributed by atoms with E-state index in [2.05, 4.69) is 26.7 Å². The Balaban J connectivity index is 1.29. The molecule has 4 rings (SSSR count). The van der Waals surface area contributed by atoms with Crippen LogP contribution < -0.4 is 0 Å². The van der Waals surface area contributed by atoms with Crippen molar-refractivity contribution in [1.82, 2.24) is 9.88 Å². The Morgan fingerprint density at radius 1 is 1.21 bits per heavy atom. The van der Waals surface area contributed by atoms with Crippen molar-refractivity contribution in [3.63, 3.8) is 0 Å². The number of morpholine rings is 1. The lowest BCUT2D eigenvalue weighted by molar-refractivity contribution is -0.0590. The average molecular weight is 344 g/mol. The Bertz CT molecular complexity index is 620. The highest BCUT2D eigenvalue weighted by Crippen LogP contribution is 2.35. The monoisotopic (exact) mass is 344 g/mol. The molecule has 2 aromatic rings. The molecule has 0 aromatic carbocycles. The summed E-state index contributed by atoms with van der Waals surface area (Å²) in [7, 11) is 0. The quantitative estimate of drug-likeness (QED) is 0.805. The van der Waals surface area contributed by atoms with Crippen LogP contribution in [-0.4, -0.2) is 41.8 Å². The smallest absolute Gasteiger partial charge is 0.0734 e. The molecule has 1 aliphatic carbocycles. The van der Waals surface area contributed by atoms with Crippen molar-refractivity contribution in [1.29, 1.82) is 0 Å². The van der Waals surface area contributed by atoms with Crippen LogP contribution in [0, 0.1) is 5.92 Å². The van der Waals surface area contributed by atoms with Crippen LogP contribution in [0.1, 0.15) is 24.0 Å². The molecule has 0 spiro atoms. The van der Waals surface area contributed by atoms with Crippen LogP contribution in [-0.2, 0) is 22.6 Å². The Hall–Kier alpha value is -1.27. The zero-order valence-electron chi connectivity index (χ0n) is 13.8. The van der Waals surface area contributed by atoms with Gasteiger partial charge in [-0.2, -0.15) is 11.3 Å². The molecule has 1 aliphatic heterocycles. The maximum Gasteiger partial charge on any atom is 0.0734 e. The van der Waals surface area contributed by atoms with Crippen molar-refractivity contribution in [2.75, 3.05) is 19.8 Å². The molecule has 2 aromatic heterocycles. The van der Waals surface area contributed by atoms with Gasteiger partial charge >= 0.3 is 0 Å². The first-order valence-corrected chi connectivity index (χ1v) is 9.66. The molecule has 3 atom stereocenters. The number of hydrogen-bond donors (Lipinski definition) is 0. The third-order valence-electron chi connectivity index (χ3n) is 5.09. The fourth-order valence-electron chi connectivity index (χ4n) is 3.90. The Labute approximate surface area is 147 Å². The second-order valence-corrected chi connectivity index (χ2v) is 7.57. The molecule has 0 unspecified atom stereocenters. The molecule has 3 heterocycles. The zero-order valence-corrected chi connectivity index (χ0v) is 14.7. The van der Waals surface area contributed by atoms with E-state index in [4.69, 9.17) is 9.47 Å². The van der Waals surface area contributed by atoms with Crippen LogP contribution in [0.2, 0.25) is 0 Å². The highest BCUT2D eigenvalue weighted by Gasteiger charge is 2.40. The van der Waals surface area contributed by atoms with Gasteiger partial charge < -0.3 is 9.47 Å². The molecule has 2 fully saturated rings. The first-order chi connectivity index (χ1) is 11.9. The van der Waals surface area contributed by atoms with Gasteiger partial charge in [0.15, 0.2) is 0 Å². The first-order valence-electron chi connectivity index (χ1n) is 8.72. The molecule has 1 saturated carbocycles. The fourth-order valence-corrected chi connectivity index (χ4v) is 4.56. The number of fused-ring (bicyclic) bond motifs is 1. The summed E-state index contributed by atoms with van der Waals surface area (Å²) < 4.78 is 12.0. The molecule has 0 amide bonds. The number of thiophene rings is 1. The highest BCUT2D eigenvalue weighted by atomic mass is 32.1. The molecule has 4 nitrogen and oxygen atoms in total. The average Bonchev–Trinajstić information content (AvgIpc) is 3.26. The van der Waals surface area contributed by atoms with Gasteiger partial charge in [-0.05, 0) is 58.8 Å². The van der Waals surface area contributed by atoms with Crippen LogP contribution in [0.25, 0.3) is 0 Å². The molecule has 2 aliphatic rings. The van der Waals surface area contributed by atoms with E-state index in [0.717, 1.165) is 32.7 Å². The standard InChI is InChI=1S/C19H24N2O2S/c1-4-20-5-2-15(1)12-22-13-17-9-18-19(10-17)23-7-6-21(18)11-16-3-8-24-14-16/h1-5,8,14,17-19H,6-7,9-13H2/t17-,18-,19+/m0/s1. The van der Waals surface area contributed by atoms with E-state index in [9.17, 15) is 0 Å². The molecule has 5 heteroatoms. The van der Waals surface area contributed by atoms with Gasteiger partial charge in [-0.1, -0.05) is 0 Å². The van der Waals surface area contributed by atoms with Crippen molar-refractivity contribution >= 4 is 11.3 Å². The van der Waals surface area contributed by atoms with Gasteiger partial charge in [-0.25, -0.2) is 0 Å². The zero-order chi connectivity index (χ0) is 16.2. The van der Waals surface area contributed by atoms with Crippen molar-refractivity contribution in [3.8, 4) is 0 Å². The second kappa shape index (κ2) is 7.74. The molecular formula is C19H24N2O2S. The van der Waals surface area contributed by atoms with E-state index in [1.165, 1.54) is 17.5 Å². The lowest BCUT2D eigenvalue weighted by Crippen LogP contribution is -2.47. The number of rotatable bonds is 6. The predicted molar refractivity (Wildman–Crippen MR) is 94.9 cm³/mol. The maximum atomic E-state index is 6.04. The minimum Gasteiger partial charge on any atom is -0.376 e. The molecule has 0 radical (unpaired) electrons. The van der Waals surface area contributed by atoms with Gasteiger partial charge in [0.05, 0.1) is 19.3 Å². The van der Waals surface area contributed by atoms with Gasteiger partial charge in [0.2, 0.25) is 0 Å². The number of pyridine rings is 1. The lowest BCUT2D eigenvalue weighted by atomic mass is 10.1. The van der Waals surface area contributed by atoms with Gasteiger partial charge in [0, 0.05) is 38.1 Å². The molecule has 128 valence electrons. The van der Waals surface area contributed by atoms with E-state index in [-0.39, 0.29) is 0 Å². The summed E-state index contributed by atoms with van der Waals surface area (Å²) in [5, 5.41) is 4.42. The normalized spacial score (nSPS) is 27.2. The van der Waals surface area contributed by atoms with E-state index in [1.807, 2.05) is 24.5 Å². The summed E-state index contributed by atoms with van der Waals surface area (Å²) in [6.45, 7) is 4.45. The van der Waals surface area contributed by atoms with Gasteiger partial charge in [-0.15, -0.1) is 0 Å². The van der Waals surface area contributed by atoms with Crippen LogP contribution in [0.15, 0.2) is 41.4 Å². The third-order valence-corrected chi connectivity index (χ3v) is 5.82. The van der Waals surface area contributed by atoms with E-state index in [1.54, 1.807) is 11.3 Å². The van der Waals surface area contributed by atoms with Crippen molar-refractivity contribution in [2.45, 2.75) is 38.1 Å². The Kier molecular flexibility index (Phi) is 5.23. The number of aromatic nitrogens is 1. The summed E-state index contributed by atoms with van der Waals surface area (Å²) in [5.74, 6) is 0.602. The first kappa shape index (κ1) is 16.2. The topological polar surface area (TPSA) is 34.6 Å². The molecule has 1 saturated heterocycles. The number of ether oxygens (including phenoxy) is 2. The molecule has 0 bridgehead atoms. The van der Waals surface area contributed by atoms with Gasteiger partial charge in [-0.3, -0.25) is 9.88 Å². The van der Waals surface area contributed by atoms with Crippen LogP contribution in [0.4, 0.5) is 0 Å². The highest BCUT2D eigenvalue weighted by molar-refractivity contribution is 7.07. The second-order valence-electron chi connectivity index (χ2n) is 6.79. The minimum absolute atomic E-state index is 0.381. The van der Waals surface area contributed by atoms with Crippen molar-refractivity contribution < 1.29 is 9.47 Å². The summed E-state index contributed by atoms with van der Waals surface area (Å²) in [5.41, 5.74) is 2.62. The Morgan fingerprint density at radius 3 is 2.96 bits per heavy atom. The third kappa shape index (κ3) is 3.86. The van der Waals surface area contributed by atoms with Crippen LogP contribution in [0.3, 0.4) is 0 Å². The number of hydrogen-bond acceptors (Lipinski definition) is 5. The van der Waals surface area contributed by atoms with E-state index >= 15 is 0 Å². The summed E-state index contributed by atoms with van der Waals surface area (Å²) in [6, 6.07) is 6.81. The van der Waals surface area contributed by atoms with Crippen molar-refractivity contribution in [3.05, 3.63) is 52.5 Å². The van der Waals surface area contributed by atoms with Gasteiger partial charge in [0.1, 0.15) is 0 Å². The minimum atomic E-state index is 0.381. The molecular weight excluding hydrogens is 320 g/mol. The van der Waals surface area contributed by atoms with Crippen LogP contribution in [0.5, 0.6) is 0 Å². The maximum absolute atomic E-state index is 6.04. The fraction of sp³-hybridized carbons (Fsp3) is 0.526. The number of nitrogens with zero attached hydrogens (tertiary/aromatic N) is 2. The molecule has 24 heavy (non-hydrogen) atoms. The summed E-state index contributed by atoms with van der Waals surface area (Å²) in [6.07, 6.45) is 6.33. The molecule has 0 N–H and O–H groups in total. The van der Waals surface area contributed by atoms with Crippen molar-refractivity contribution in [2.24, 2.45) is 5.92 Å². The Morgan fingerprint density at radius 2 is 2.12 bits per heavy atom. The van der Waals surface area contributed by atoms with E-state index < -0.39 is 0 Å². The SMILES string of the molecule is c1cc(COC[C@@H]2C[C@H]3OCCN(Cc4ccsc4)[C@H]3C2)ccn1. The summed E-state index contributed by atoms with van der Waals surface area (Å²) in [4.78, 5) is 6.65. The van der Waals surface area contributed by atoms with Gasteiger partial charge in [0.25, 0.3) is 0 Å².